The summed E-state index contributed by atoms with van der Waals surface area (Å²) in [5.41, 5.74) is 21.5. The first kappa shape index (κ1) is 33.3. The van der Waals surface area contributed by atoms with Crippen molar-refractivity contribution in [2.24, 2.45) is 0 Å². The zero-order valence-corrected chi connectivity index (χ0v) is 31.5. The van der Waals surface area contributed by atoms with Crippen molar-refractivity contribution < 1.29 is 0 Å². The van der Waals surface area contributed by atoms with Gasteiger partial charge in [-0.25, -0.2) is 0 Å². The molecule has 0 atom stereocenters. The van der Waals surface area contributed by atoms with Gasteiger partial charge in [-0.15, -0.1) is 0 Å². The largest absolute Gasteiger partial charge is 0.313 e. The molecule has 0 bridgehead atoms. The van der Waals surface area contributed by atoms with E-state index in [0.717, 1.165) is 0 Å². The molecule has 3 heteroatoms. The van der Waals surface area contributed by atoms with Crippen LogP contribution in [0.15, 0.2) is 224 Å². The van der Waals surface area contributed by atoms with Crippen LogP contribution >= 0.6 is 0 Å². The van der Waals surface area contributed by atoms with E-state index in [0.29, 0.717) is 0 Å². The first-order valence-electron chi connectivity index (χ1n) is 19.9. The second-order valence-electron chi connectivity index (χ2n) is 15.2. The maximum absolute atomic E-state index is 2.57. The Kier molecular flexibility index (Phi) is 8.10. The number of hydrogen-bond donors (Lipinski definition) is 0. The minimum absolute atomic E-state index is 0.0719. The fourth-order valence-electron chi connectivity index (χ4n) is 9.37. The third-order valence-corrected chi connectivity index (χ3v) is 12.0. The maximum Gasteiger partial charge on any atom is 0.246 e. The molecule has 0 saturated heterocycles. The van der Waals surface area contributed by atoms with Crippen LogP contribution in [-0.2, 0) is 0 Å². The van der Waals surface area contributed by atoms with Gasteiger partial charge in [0.2, 0.25) is 13.4 Å². The number of hydrogen-bond acceptors (Lipinski definition) is 1. The third-order valence-electron chi connectivity index (χ3n) is 12.0. The Morgan fingerprint density at radius 2 is 0.579 bits per heavy atom. The molecule has 0 fully saturated rings. The van der Waals surface area contributed by atoms with Crippen molar-refractivity contribution in [3.8, 4) is 44.5 Å². The number of fused-ring (bicyclic) bond motifs is 4. The van der Waals surface area contributed by atoms with Crippen LogP contribution in [0.3, 0.4) is 0 Å². The number of rotatable bonds is 6. The van der Waals surface area contributed by atoms with Crippen LogP contribution in [-0.4, -0.2) is 13.4 Å². The molecule has 0 spiro atoms. The highest BCUT2D eigenvalue weighted by Gasteiger charge is 2.43. The van der Waals surface area contributed by atoms with E-state index < -0.39 is 0 Å². The lowest BCUT2D eigenvalue weighted by Crippen LogP contribution is -2.65. The van der Waals surface area contributed by atoms with E-state index in [9.17, 15) is 0 Å². The fraction of sp³-hybridized carbons (Fsp3) is 0. The molecule has 0 N–H and O–H groups in total. The zero-order valence-electron chi connectivity index (χ0n) is 31.5. The minimum atomic E-state index is 0.0719. The monoisotopic (exact) mass is 721 g/mol. The highest BCUT2D eigenvalue weighted by atomic mass is 15.2. The van der Waals surface area contributed by atoms with E-state index in [1.165, 1.54) is 94.3 Å². The summed E-state index contributed by atoms with van der Waals surface area (Å²) < 4.78 is 0. The van der Waals surface area contributed by atoms with Crippen molar-refractivity contribution >= 4 is 63.3 Å². The molecule has 1 nitrogen and oxygen atoms in total. The van der Waals surface area contributed by atoms with Gasteiger partial charge in [-0.3, -0.25) is 0 Å². The lowest BCUT2D eigenvalue weighted by molar-refractivity contribution is 1.30. The van der Waals surface area contributed by atoms with Crippen molar-refractivity contribution in [1.82, 2.24) is 0 Å². The summed E-state index contributed by atoms with van der Waals surface area (Å²) in [6.45, 7) is 0.144. The smallest absolute Gasteiger partial charge is 0.246 e. The number of para-hydroxylation sites is 1. The molecule has 264 valence electrons. The summed E-state index contributed by atoms with van der Waals surface area (Å²) in [7, 11) is 0. The van der Waals surface area contributed by atoms with E-state index in [-0.39, 0.29) is 13.4 Å². The van der Waals surface area contributed by atoms with Crippen LogP contribution in [0.5, 0.6) is 0 Å². The second kappa shape index (κ2) is 13.9. The Balaban J connectivity index is 1.12. The molecule has 2 aliphatic rings. The van der Waals surface area contributed by atoms with Crippen LogP contribution in [0.4, 0.5) is 17.1 Å². The molecular weight excluding hydrogens is 684 g/mol. The van der Waals surface area contributed by atoms with E-state index in [1.54, 1.807) is 0 Å². The number of benzene rings is 9. The molecule has 2 heterocycles. The van der Waals surface area contributed by atoms with Crippen LogP contribution in [0.2, 0.25) is 0 Å². The summed E-state index contributed by atoms with van der Waals surface area (Å²) >= 11 is 0. The van der Waals surface area contributed by atoms with Gasteiger partial charge in [0.1, 0.15) is 0 Å². The lowest BCUT2D eigenvalue weighted by atomic mass is 9.30. The van der Waals surface area contributed by atoms with Gasteiger partial charge in [0, 0.05) is 17.1 Å². The molecule has 0 unspecified atom stereocenters. The number of nitrogens with zero attached hydrogens (tertiary/aromatic N) is 1. The fourth-order valence-corrected chi connectivity index (χ4v) is 9.37. The zero-order chi connectivity index (χ0) is 37.7. The van der Waals surface area contributed by atoms with Gasteiger partial charge in [0.15, 0.2) is 0 Å². The second-order valence-corrected chi connectivity index (χ2v) is 15.2. The van der Waals surface area contributed by atoms with E-state index in [4.69, 9.17) is 0 Å². The van der Waals surface area contributed by atoms with Crippen molar-refractivity contribution in [2.45, 2.75) is 0 Å². The van der Waals surface area contributed by atoms with Gasteiger partial charge in [-0.2, -0.15) is 0 Å². The maximum atomic E-state index is 2.57. The first-order valence-corrected chi connectivity index (χ1v) is 19.9. The predicted molar refractivity (Wildman–Crippen MR) is 245 cm³/mol. The Bertz CT molecular complexity index is 2710. The quantitative estimate of drug-likeness (QED) is 0.155. The van der Waals surface area contributed by atoms with Crippen LogP contribution < -0.4 is 37.7 Å². The predicted octanol–water partition coefficient (Wildman–Crippen LogP) is 9.48. The molecule has 2 aliphatic heterocycles. The van der Waals surface area contributed by atoms with Crippen LogP contribution in [0.25, 0.3) is 44.5 Å². The highest BCUT2D eigenvalue weighted by molar-refractivity contribution is 7.02. The first-order chi connectivity index (χ1) is 28.3. The topological polar surface area (TPSA) is 3.24 Å². The SMILES string of the molecule is c1ccc(B2c3cc(-c4cccc(-c5ccccc5)c4)ccc3N3c4ccc(-c5cccc(-c6ccccc6)c5)cc4B(c4ccccc4)c4cccc2c43)cc1. The standard InChI is InChI=1S/C54H37B2N/c1-5-16-38(17-6-1)40-20-13-22-42(34-40)44-30-32-52-50(36-44)55(46-24-9-3-10-25-46)48-28-15-29-49-54(48)57(52)53-33-31-45(37-51(53)56(49)47-26-11-4-12-27-47)43-23-14-21-41(35-43)39-18-7-2-8-19-39/h1-37H. The molecular formula is C54H37B2N. The van der Waals surface area contributed by atoms with E-state index >= 15 is 0 Å². The van der Waals surface area contributed by atoms with Crippen LogP contribution in [0.1, 0.15) is 0 Å². The lowest BCUT2D eigenvalue weighted by Gasteiger charge is -2.44. The summed E-state index contributed by atoms with van der Waals surface area (Å²) in [6.07, 6.45) is 0. The third kappa shape index (κ3) is 5.74. The van der Waals surface area contributed by atoms with E-state index in [1.807, 2.05) is 0 Å². The van der Waals surface area contributed by atoms with Gasteiger partial charge in [-0.05, 0) is 90.6 Å². The summed E-state index contributed by atoms with van der Waals surface area (Å²) in [5, 5.41) is 0. The minimum Gasteiger partial charge on any atom is -0.313 e. The summed E-state index contributed by atoms with van der Waals surface area (Å²) in [5.74, 6) is 0. The number of anilines is 3. The normalized spacial score (nSPS) is 12.5. The van der Waals surface area contributed by atoms with Gasteiger partial charge < -0.3 is 4.90 Å². The molecule has 0 radical (unpaired) electrons. The molecule has 0 saturated carbocycles. The van der Waals surface area contributed by atoms with Gasteiger partial charge in [-0.1, -0.05) is 211 Å². The summed E-state index contributed by atoms with van der Waals surface area (Å²) in [4.78, 5) is 2.57. The Hall–Kier alpha value is -7.09. The van der Waals surface area contributed by atoms with Crippen molar-refractivity contribution in [2.75, 3.05) is 4.90 Å². The van der Waals surface area contributed by atoms with E-state index in [2.05, 4.69) is 229 Å². The van der Waals surface area contributed by atoms with Gasteiger partial charge in [0.05, 0.1) is 0 Å². The molecule has 0 amide bonds. The Morgan fingerprint density at radius 1 is 0.246 bits per heavy atom. The average Bonchev–Trinajstić information content (AvgIpc) is 3.30. The Labute approximate surface area is 335 Å². The van der Waals surface area contributed by atoms with Gasteiger partial charge >= 0.3 is 0 Å². The van der Waals surface area contributed by atoms with Crippen LogP contribution in [0, 0.1) is 0 Å². The van der Waals surface area contributed by atoms with Crippen molar-refractivity contribution in [3.63, 3.8) is 0 Å². The highest BCUT2D eigenvalue weighted by Crippen LogP contribution is 2.40. The van der Waals surface area contributed by atoms with Gasteiger partial charge in [0.25, 0.3) is 0 Å². The average molecular weight is 722 g/mol. The van der Waals surface area contributed by atoms with Crippen molar-refractivity contribution in [3.05, 3.63) is 224 Å². The molecule has 11 rings (SSSR count). The summed E-state index contributed by atoms with van der Waals surface area (Å²) in [6, 6.07) is 82.8. The molecule has 9 aromatic rings. The van der Waals surface area contributed by atoms with Crippen molar-refractivity contribution in [1.29, 1.82) is 0 Å². The molecule has 0 aliphatic carbocycles. The Morgan fingerprint density at radius 3 is 1.00 bits per heavy atom. The molecule has 9 aromatic carbocycles. The molecule has 0 aromatic heterocycles. The molecule has 57 heavy (non-hydrogen) atoms.